The van der Waals surface area contributed by atoms with E-state index in [0.29, 0.717) is 23.6 Å². The van der Waals surface area contributed by atoms with Crippen molar-refractivity contribution in [1.82, 2.24) is 30.2 Å². The van der Waals surface area contributed by atoms with Gasteiger partial charge < -0.3 is 14.7 Å². The molecule has 6 rings (SSSR count). The molecule has 4 aromatic rings. The van der Waals surface area contributed by atoms with Crippen molar-refractivity contribution in [2.24, 2.45) is 0 Å². The van der Waals surface area contributed by atoms with Gasteiger partial charge in [-0.3, -0.25) is 14.8 Å². The number of anilines is 3. The highest BCUT2D eigenvalue weighted by molar-refractivity contribution is 5.98. The molecular weight excluding hydrogens is 468 g/mol. The molecule has 2 N–H and O–H groups in total. The molecule has 0 atom stereocenters. The molecule has 190 valence electrons. The van der Waals surface area contributed by atoms with Gasteiger partial charge in [0.15, 0.2) is 11.6 Å². The molecule has 10 nitrogen and oxygen atoms in total. The summed E-state index contributed by atoms with van der Waals surface area (Å²) < 4.78 is 4.89. The van der Waals surface area contributed by atoms with Gasteiger partial charge in [-0.05, 0) is 37.0 Å². The number of aromatic amines is 1. The summed E-state index contributed by atoms with van der Waals surface area (Å²) in [4.78, 5) is 26.3. The minimum absolute atomic E-state index is 0.0245. The molecule has 3 aromatic heterocycles. The van der Waals surface area contributed by atoms with Crippen LogP contribution in [0.1, 0.15) is 51.6 Å². The van der Waals surface area contributed by atoms with Gasteiger partial charge in [0.2, 0.25) is 5.95 Å². The van der Waals surface area contributed by atoms with E-state index < -0.39 is 0 Å². The van der Waals surface area contributed by atoms with Crippen LogP contribution in [0.2, 0.25) is 0 Å². The highest BCUT2D eigenvalue weighted by Gasteiger charge is 2.25. The lowest BCUT2D eigenvalue weighted by Gasteiger charge is -2.34. The fourth-order valence-electron chi connectivity index (χ4n) is 4.67. The maximum absolute atomic E-state index is 12.5. The predicted octanol–water partition coefficient (Wildman–Crippen LogP) is 3.86. The summed E-state index contributed by atoms with van der Waals surface area (Å²) in [5.41, 5.74) is 4.60. The molecule has 1 saturated heterocycles. The Hall–Kier alpha value is -4.05. The second-order valence-corrected chi connectivity index (χ2v) is 9.84. The summed E-state index contributed by atoms with van der Waals surface area (Å²) in [6.45, 7) is 6.24. The number of ketones is 1. The van der Waals surface area contributed by atoms with Gasteiger partial charge in [0.1, 0.15) is 12.1 Å². The first-order valence-corrected chi connectivity index (χ1v) is 12.8. The third-order valence-corrected chi connectivity index (χ3v) is 7.01. The third kappa shape index (κ3) is 5.54. The Morgan fingerprint density at radius 2 is 1.86 bits per heavy atom. The number of hydrogen-bond donors (Lipinski definition) is 2. The SMILES string of the molecule is Cc1nocc1C(=O)Cc1ccc(CN2CCN(c3nccc(Nc4cc(C5CC5)[nH]n4)n3)CC2)cc1. The monoisotopic (exact) mass is 498 g/mol. The normalized spacial score (nSPS) is 16.2. The molecule has 1 saturated carbocycles. The highest BCUT2D eigenvalue weighted by Crippen LogP contribution is 2.39. The molecule has 10 heteroatoms. The number of aryl methyl sites for hydroxylation is 1. The van der Waals surface area contributed by atoms with Crippen molar-refractivity contribution < 1.29 is 9.32 Å². The van der Waals surface area contributed by atoms with E-state index in [0.717, 1.165) is 55.9 Å². The number of Topliss-reactive ketones (excluding diaryl/α,β-unsaturated/α-hetero) is 1. The Kier molecular flexibility index (Phi) is 6.40. The van der Waals surface area contributed by atoms with Crippen LogP contribution in [0.5, 0.6) is 0 Å². The molecule has 4 heterocycles. The van der Waals surface area contributed by atoms with Crippen LogP contribution in [0, 0.1) is 6.92 Å². The van der Waals surface area contributed by atoms with E-state index in [2.05, 4.69) is 53.7 Å². The van der Waals surface area contributed by atoms with Crippen LogP contribution in [0.15, 0.2) is 53.4 Å². The van der Waals surface area contributed by atoms with Crippen molar-refractivity contribution >= 4 is 23.4 Å². The van der Waals surface area contributed by atoms with Crippen LogP contribution >= 0.6 is 0 Å². The summed E-state index contributed by atoms with van der Waals surface area (Å²) in [7, 11) is 0. The Labute approximate surface area is 215 Å². The first-order valence-electron chi connectivity index (χ1n) is 12.8. The number of nitrogens with one attached hydrogen (secondary N) is 2. The second-order valence-electron chi connectivity index (χ2n) is 9.84. The number of carbonyl (C=O) groups is 1. The van der Waals surface area contributed by atoms with Crippen LogP contribution in [0.25, 0.3) is 0 Å². The molecule has 1 aromatic carbocycles. The molecule has 1 aliphatic carbocycles. The first-order chi connectivity index (χ1) is 18.1. The first kappa shape index (κ1) is 23.4. The van der Waals surface area contributed by atoms with Crippen LogP contribution in [-0.2, 0) is 13.0 Å². The molecule has 1 aliphatic heterocycles. The fraction of sp³-hybridized carbons (Fsp3) is 0.370. The second kappa shape index (κ2) is 10.1. The van der Waals surface area contributed by atoms with Gasteiger partial charge in [-0.15, -0.1) is 0 Å². The van der Waals surface area contributed by atoms with Gasteiger partial charge >= 0.3 is 0 Å². The van der Waals surface area contributed by atoms with Crippen molar-refractivity contribution in [2.45, 2.75) is 38.6 Å². The minimum Gasteiger partial charge on any atom is -0.364 e. The third-order valence-electron chi connectivity index (χ3n) is 7.01. The van der Waals surface area contributed by atoms with E-state index in [-0.39, 0.29) is 5.78 Å². The lowest BCUT2D eigenvalue weighted by atomic mass is 10.0. The van der Waals surface area contributed by atoms with Crippen LogP contribution in [0.3, 0.4) is 0 Å². The zero-order valence-electron chi connectivity index (χ0n) is 20.9. The molecule has 0 spiro atoms. The number of hydrogen-bond acceptors (Lipinski definition) is 9. The summed E-state index contributed by atoms with van der Waals surface area (Å²) in [6.07, 6.45) is 6.04. The largest absolute Gasteiger partial charge is 0.364 e. The van der Waals surface area contributed by atoms with E-state index in [1.807, 2.05) is 18.2 Å². The molecule has 2 aliphatic rings. The zero-order valence-corrected chi connectivity index (χ0v) is 20.9. The maximum Gasteiger partial charge on any atom is 0.227 e. The number of carbonyl (C=O) groups excluding carboxylic acids is 1. The van der Waals surface area contributed by atoms with Crippen LogP contribution in [0.4, 0.5) is 17.6 Å². The average Bonchev–Trinajstić information content (AvgIpc) is 3.51. The molecule has 0 bridgehead atoms. The number of piperazine rings is 1. The molecule has 2 fully saturated rings. The summed E-state index contributed by atoms with van der Waals surface area (Å²) in [5.74, 6) is 2.94. The van der Waals surface area contributed by atoms with Gasteiger partial charge in [-0.2, -0.15) is 10.1 Å². The Bertz CT molecular complexity index is 1370. The molecule has 0 radical (unpaired) electrons. The Morgan fingerprint density at radius 1 is 1.08 bits per heavy atom. The van der Waals surface area contributed by atoms with Gasteiger partial charge in [0.25, 0.3) is 0 Å². The van der Waals surface area contributed by atoms with E-state index in [9.17, 15) is 4.79 Å². The van der Waals surface area contributed by atoms with Crippen LogP contribution < -0.4 is 10.2 Å². The van der Waals surface area contributed by atoms with Crippen LogP contribution in [-0.4, -0.2) is 62.2 Å². The lowest BCUT2D eigenvalue weighted by Crippen LogP contribution is -2.46. The molecule has 37 heavy (non-hydrogen) atoms. The summed E-state index contributed by atoms with van der Waals surface area (Å²) in [6, 6.07) is 12.2. The standard InChI is InChI=1S/C27H30N8O2/c1-18-22(17-37-33-18)24(36)14-19-2-4-20(5-3-19)16-34-10-12-35(13-11-34)27-28-9-8-25(30-27)29-26-15-23(31-32-26)21-6-7-21/h2-5,8-9,15,17,21H,6-7,10-14,16H2,1H3,(H2,28,29,30,31,32). The van der Waals surface area contributed by atoms with E-state index in [4.69, 9.17) is 9.51 Å². The quantitative estimate of drug-likeness (QED) is 0.332. The van der Waals surface area contributed by atoms with Gasteiger partial charge in [-0.1, -0.05) is 29.4 Å². The van der Waals surface area contributed by atoms with Crippen molar-refractivity contribution in [3.63, 3.8) is 0 Å². The minimum atomic E-state index is 0.0245. The van der Waals surface area contributed by atoms with Crippen molar-refractivity contribution in [1.29, 1.82) is 0 Å². The number of H-pyrrole nitrogens is 1. The van der Waals surface area contributed by atoms with E-state index >= 15 is 0 Å². The molecule has 0 amide bonds. The smallest absolute Gasteiger partial charge is 0.227 e. The molecular formula is C27H30N8O2. The number of rotatable bonds is 9. The maximum atomic E-state index is 12.5. The fourth-order valence-corrected chi connectivity index (χ4v) is 4.67. The summed E-state index contributed by atoms with van der Waals surface area (Å²) in [5, 5.41) is 14.6. The Balaban J connectivity index is 0.999. The van der Waals surface area contributed by atoms with Crippen molar-refractivity contribution in [3.8, 4) is 0 Å². The van der Waals surface area contributed by atoms with Crippen molar-refractivity contribution in [3.05, 3.63) is 76.9 Å². The van der Waals surface area contributed by atoms with Gasteiger partial charge in [-0.25, -0.2) is 4.98 Å². The predicted molar refractivity (Wildman–Crippen MR) is 139 cm³/mol. The Morgan fingerprint density at radius 3 is 2.59 bits per heavy atom. The lowest BCUT2D eigenvalue weighted by molar-refractivity contribution is 0.0992. The zero-order chi connectivity index (χ0) is 25.2. The highest BCUT2D eigenvalue weighted by atomic mass is 16.5. The topological polar surface area (TPSA) is 116 Å². The molecule has 0 unspecified atom stereocenters. The average molecular weight is 499 g/mol. The number of benzene rings is 1. The van der Waals surface area contributed by atoms with E-state index in [1.165, 1.54) is 30.4 Å². The van der Waals surface area contributed by atoms with Gasteiger partial charge in [0, 0.05) is 63.0 Å². The number of aromatic nitrogens is 5. The van der Waals surface area contributed by atoms with Gasteiger partial charge in [0.05, 0.1) is 11.3 Å². The summed E-state index contributed by atoms with van der Waals surface area (Å²) >= 11 is 0. The number of nitrogens with zero attached hydrogens (tertiary/aromatic N) is 6. The van der Waals surface area contributed by atoms with E-state index in [1.54, 1.807) is 13.1 Å². The van der Waals surface area contributed by atoms with Crippen molar-refractivity contribution in [2.75, 3.05) is 36.4 Å².